The van der Waals surface area contributed by atoms with Gasteiger partial charge < -0.3 is 9.64 Å². The van der Waals surface area contributed by atoms with Crippen LogP contribution in [0, 0.1) is 11.8 Å². The van der Waals surface area contributed by atoms with E-state index in [1.54, 1.807) is 18.4 Å². The molecule has 0 bridgehead atoms. The van der Waals surface area contributed by atoms with Gasteiger partial charge in [0.1, 0.15) is 5.75 Å². The Morgan fingerprint density at radius 2 is 1.83 bits per heavy atom. The zero-order valence-electron chi connectivity index (χ0n) is 17.5. The van der Waals surface area contributed by atoms with Gasteiger partial charge in [-0.3, -0.25) is 9.20 Å². The maximum absolute atomic E-state index is 13.1. The quantitative estimate of drug-likeness (QED) is 0.450. The Morgan fingerprint density at radius 1 is 1.10 bits per heavy atom. The summed E-state index contributed by atoms with van der Waals surface area (Å²) in [6, 6.07) is 13.9. The molecule has 2 atom stereocenters. The van der Waals surface area contributed by atoms with Crippen molar-refractivity contribution in [1.29, 1.82) is 0 Å². The van der Waals surface area contributed by atoms with Gasteiger partial charge in [0.05, 0.1) is 23.0 Å². The number of carbonyl (C=O) groups excluding carboxylic acids is 1. The average Bonchev–Trinajstić information content (AvgIpc) is 3.30. The highest BCUT2D eigenvalue weighted by Crippen LogP contribution is 2.31. The summed E-state index contributed by atoms with van der Waals surface area (Å²) in [6.07, 6.45) is 3.26. The number of imidazole rings is 1. The summed E-state index contributed by atoms with van der Waals surface area (Å²) in [7, 11) is 1.67. The number of rotatable bonds is 3. The molecule has 0 N–H and O–H groups in total. The largest absolute Gasteiger partial charge is 0.497 e. The molecule has 2 aromatic carbocycles. The van der Waals surface area contributed by atoms with Gasteiger partial charge in [-0.05, 0) is 60.7 Å². The minimum Gasteiger partial charge on any atom is -0.497 e. The van der Waals surface area contributed by atoms with Crippen LogP contribution < -0.4 is 4.74 Å². The van der Waals surface area contributed by atoms with Crippen molar-refractivity contribution in [2.45, 2.75) is 20.3 Å². The molecule has 0 saturated carbocycles. The van der Waals surface area contributed by atoms with Crippen molar-refractivity contribution in [2.24, 2.45) is 11.8 Å². The number of benzene rings is 2. The summed E-state index contributed by atoms with van der Waals surface area (Å²) in [5, 5.41) is 0. The number of piperidine rings is 1. The second-order valence-electron chi connectivity index (χ2n) is 8.45. The lowest BCUT2D eigenvalue weighted by atomic mass is 9.91. The lowest BCUT2D eigenvalue weighted by molar-refractivity contribution is 0.0623. The molecule has 1 fully saturated rings. The Kier molecular flexibility index (Phi) is 4.74. The third kappa shape index (κ3) is 3.35. The van der Waals surface area contributed by atoms with E-state index in [0.29, 0.717) is 11.8 Å². The number of amides is 1. The average molecular weight is 420 g/mol. The van der Waals surface area contributed by atoms with Gasteiger partial charge in [-0.1, -0.05) is 25.2 Å². The van der Waals surface area contributed by atoms with E-state index in [0.717, 1.165) is 50.8 Å². The van der Waals surface area contributed by atoms with E-state index in [1.165, 1.54) is 6.42 Å². The number of nitrogens with zero attached hydrogens (tertiary/aromatic N) is 3. The molecule has 0 radical (unpaired) electrons. The van der Waals surface area contributed by atoms with Crippen LogP contribution in [0.2, 0.25) is 0 Å². The third-order valence-corrected chi connectivity index (χ3v) is 6.90. The first-order chi connectivity index (χ1) is 14.5. The predicted molar refractivity (Wildman–Crippen MR) is 121 cm³/mol. The third-order valence-electron chi connectivity index (χ3n) is 5.88. The van der Waals surface area contributed by atoms with Crippen LogP contribution in [0.5, 0.6) is 5.75 Å². The van der Waals surface area contributed by atoms with Gasteiger partial charge in [-0.2, -0.15) is 0 Å². The number of methoxy groups -OCH3 is 1. The Balaban J connectivity index is 1.46. The van der Waals surface area contributed by atoms with Crippen molar-refractivity contribution in [1.82, 2.24) is 14.3 Å². The van der Waals surface area contributed by atoms with E-state index < -0.39 is 0 Å². The molecule has 5 rings (SSSR count). The molecule has 0 unspecified atom stereocenters. The van der Waals surface area contributed by atoms with Crippen LogP contribution in [-0.4, -0.2) is 40.4 Å². The molecule has 0 spiro atoms. The second kappa shape index (κ2) is 7.43. The van der Waals surface area contributed by atoms with E-state index in [1.807, 2.05) is 47.4 Å². The normalized spacial score (nSPS) is 19.5. The molecule has 1 aliphatic heterocycles. The standard InChI is InChI=1S/C24H25N3O2S/c1-15-10-16(2)13-26(12-15)23(28)18-6-9-21-22(11-18)30-24-25-20(14-27(21)24)17-4-7-19(29-3)8-5-17/h4-9,11,14-16H,10,12-13H2,1-3H3/t15-,16-/m1/s1. The zero-order valence-corrected chi connectivity index (χ0v) is 18.3. The van der Waals surface area contributed by atoms with Crippen LogP contribution in [0.3, 0.4) is 0 Å². The molecular formula is C24H25N3O2S. The molecule has 0 aliphatic carbocycles. The minimum absolute atomic E-state index is 0.139. The van der Waals surface area contributed by atoms with Crippen molar-refractivity contribution >= 4 is 32.4 Å². The van der Waals surface area contributed by atoms with Crippen molar-refractivity contribution in [3.8, 4) is 17.0 Å². The molecule has 4 aromatic rings. The fourth-order valence-electron chi connectivity index (χ4n) is 4.55. The number of thiazole rings is 1. The Morgan fingerprint density at radius 3 is 2.53 bits per heavy atom. The van der Waals surface area contributed by atoms with E-state index in [-0.39, 0.29) is 5.91 Å². The fourth-order valence-corrected chi connectivity index (χ4v) is 5.59. The van der Waals surface area contributed by atoms with Crippen LogP contribution in [-0.2, 0) is 0 Å². The topological polar surface area (TPSA) is 46.8 Å². The first-order valence-corrected chi connectivity index (χ1v) is 11.2. The number of carbonyl (C=O) groups is 1. The summed E-state index contributed by atoms with van der Waals surface area (Å²) in [5.41, 5.74) is 3.84. The molecular weight excluding hydrogens is 394 g/mol. The van der Waals surface area contributed by atoms with Crippen LogP contribution in [0.25, 0.3) is 26.4 Å². The summed E-state index contributed by atoms with van der Waals surface area (Å²) in [6.45, 7) is 6.15. The molecule has 154 valence electrons. The predicted octanol–water partition coefficient (Wildman–Crippen LogP) is 5.34. The minimum atomic E-state index is 0.139. The van der Waals surface area contributed by atoms with E-state index >= 15 is 0 Å². The maximum atomic E-state index is 13.1. The van der Waals surface area contributed by atoms with E-state index in [4.69, 9.17) is 9.72 Å². The van der Waals surface area contributed by atoms with Gasteiger partial charge in [-0.25, -0.2) is 4.98 Å². The monoisotopic (exact) mass is 419 g/mol. The van der Waals surface area contributed by atoms with Gasteiger partial charge in [0.25, 0.3) is 5.91 Å². The van der Waals surface area contributed by atoms with E-state index in [9.17, 15) is 4.79 Å². The number of aromatic nitrogens is 2. The van der Waals surface area contributed by atoms with Crippen molar-refractivity contribution in [2.75, 3.05) is 20.2 Å². The molecule has 1 aliphatic rings. The molecule has 1 amide bonds. The summed E-state index contributed by atoms with van der Waals surface area (Å²) < 4.78 is 8.43. The lowest BCUT2D eigenvalue weighted by Gasteiger charge is -2.35. The van der Waals surface area contributed by atoms with Gasteiger partial charge in [0, 0.05) is 30.4 Å². The van der Waals surface area contributed by atoms with E-state index in [2.05, 4.69) is 24.4 Å². The molecule has 30 heavy (non-hydrogen) atoms. The Hall–Kier alpha value is -2.86. The van der Waals surface area contributed by atoms with Crippen LogP contribution >= 0.6 is 11.3 Å². The smallest absolute Gasteiger partial charge is 0.253 e. The Labute approximate surface area is 179 Å². The maximum Gasteiger partial charge on any atom is 0.253 e. The van der Waals surface area contributed by atoms with Crippen LogP contribution in [0.15, 0.2) is 48.7 Å². The molecule has 1 saturated heterocycles. The number of likely N-dealkylation sites (tertiary alicyclic amines) is 1. The summed E-state index contributed by atoms with van der Waals surface area (Å²) in [4.78, 5) is 20.8. The van der Waals surface area contributed by atoms with Crippen molar-refractivity contribution in [3.05, 3.63) is 54.2 Å². The van der Waals surface area contributed by atoms with Crippen LogP contribution in [0.4, 0.5) is 0 Å². The second-order valence-corrected chi connectivity index (χ2v) is 9.46. The van der Waals surface area contributed by atoms with Gasteiger partial charge in [-0.15, -0.1) is 0 Å². The highest BCUT2D eigenvalue weighted by molar-refractivity contribution is 7.23. The number of fused-ring (bicyclic) bond motifs is 3. The highest BCUT2D eigenvalue weighted by Gasteiger charge is 2.26. The zero-order chi connectivity index (χ0) is 20.8. The summed E-state index contributed by atoms with van der Waals surface area (Å²) >= 11 is 1.62. The highest BCUT2D eigenvalue weighted by atomic mass is 32.1. The van der Waals surface area contributed by atoms with Gasteiger partial charge in [0.15, 0.2) is 4.96 Å². The molecule has 3 heterocycles. The van der Waals surface area contributed by atoms with Gasteiger partial charge >= 0.3 is 0 Å². The number of hydrogen-bond acceptors (Lipinski definition) is 4. The van der Waals surface area contributed by atoms with Gasteiger partial charge in [0.2, 0.25) is 0 Å². The summed E-state index contributed by atoms with van der Waals surface area (Å²) in [5.74, 6) is 2.09. The number of hydrogen-bond donors (Lipinski definition) is 0. The van der Waals surface area contributed by atoms with Crippen LogP contribution in [0.1, 0.15) is 30.6 Å². The molecule has 5 nitrogen and oxygen atoms in total. The van der Waals surface area contributed by atoms with Crippen molar-refractivity contribution in [3.63, 3.8) is 0 Å². The first-order valence-electron chi connectivity index (χ1n) is 10.4. The fraction of sp³-hybridized carbons (Fsp3) is 0.333. The molecule has 6 heteroatoms. The Bertz CT molecular complexity index is 1210. The molecule has 2 aromatic heterocycles. The first kappa shape index (κ1) is 19.1. The SMILES string of the molecule is COc1ccc(-c2cn3c(n2)sc2cc(C(=O)N4C[C@H](C)C[C@@H](C)C4)ccc23)cc1. The number of ether oxygens (including phenoxy) is 1. The lowest BCUT2D eigenvalue weighted by Crippen LogP contribution is -2.42. The van der Waals surface area contributed by atoms with Crippen molar-refractivity contribution < 1.29 is 9.53 Å².